The van der Waals surface area contributed by atoms with Gasteiger partial charge in [-0.1, -0.05) is 6.07 Å². The van der Waals surface area contributed by atoms with Crippen LogP contribution in [0, 0.1) is 0 Å². The molecule has 0 aromatic heterocycles. The fourth-order valence-electron chi connectivity index (χ4n) is 3.28. The first kappa shape index (κ1) is 17.6. The van der Waals surface area contributed by atoms with Crippen molar-refractivity contribution < 1.29 is 23.1 Å². The quantitative estimate of drug-likeness (QED) is 0.706. The molecule has 2 aliphatic rings. The molecule has 1 atom stereocenters. The molecule has 0 aliphatic carbocycles. The molecule has 3 N–H and O–H groups in total. The van der Waals surface area contributed by atoms with Gasteiger partial charge in [0.15, 0.2) is 0 Å². The molecular weight excluding hydrogens is 332 g/mol. The molecule has 6 nitrogen and oxygen atoms in total. The molecule has 0 bridgehead atoms. The number of carbonyl (C=O) groups is 2. The van der Waals surface area contributed by atoms with Crippen LogP contribution in [0.2, 0.25) is 0 Å². The van der Waals surface area contributed by atoms with Crippen molar-refractivity contribution in [2.24, 2.45) is 0 Å². The van der Waals surface area contributed by atoms with E-state index in [-0.39, 0.29) is 18.1 Å². The van der Waals surface area contributed by atoms with E-state index in [0.717, 1.165) is 31.5 Å². The largest absolute Gasteiger partial charge is 0.433 e. The van der Waals surface area contributed by atoms with Gasteiger partial charge in [-0.3, -0.25) is 14.9 Å². The second-order valence-corrected chi connectivity index (χ2v) is 6.31. The lowest BCUT2D eigenvalue weighted by atomic mass is 9.90. The van der Waals surface area contributed by atoms with Crippen LogP contribution in [-0.2, 0) is 9.59 Å². The SMILES string of the molecule is O=C1CCC(Nc2ccc(C3CCNCC3)cc2OC(F)F)C(=O)N1. The van der Waals surface area contributed by atoms with Gasteiger partial charge in [0.1, 0.15) is 11.8 Å². The fraction of sp³-hybridized carbons (Fsp3) is 0.529. The van der Waals surface area contributed by atoms with Gasteiger partial charge in [0.2, 0.25) is 11.8 Å². The summed E-state index contributed by atoms with van der Waals surface area (Å²) in [5, 5.41) is 8.43. The number of hydrogen-bond donors (Lipinski definition) is 3. The molecule has 3 rings (SSSR count). The molecule has 2 heterocycles. The summed E-state index contributed by atoms with van der Waals surface area (Å²) in [5.41, 5.74) is 1.28. The van der Waals surface area contributed by atoms with Gasteiger partial charge < -0.3 is 15.4 Å². The number of nitrogens with one attached hydrogen (secondary N) is 3. The highest BCUT2D eigenvalue weighted by Crippen LogP contribution is 2.34. The number of amides is 2. The number of alkyl halides is 2. The monoisotopic (exact) mass is 353 g/mol. The van der Waals surface area contributed by atoms with Crippen LogP contribution in [0.1, 0.15) is 37.2 Å². The van der Waals surface area contributed by atoms with Crippen LogP contribution in [0.3, 0.4) is 0 Å². The van der Waals surface area contributed by atoms with E-state index in [1.807, 2.05) is 6.07 Å². The number of halogens is 2. The van der Waals surface area contributed by atoms with Gasteiger partial charge in [-0.05, 0) is 56.0 Å². The third-order valence-electron chi connectivity index (χ3n) is 4.60. The van der Waals surface area contributed by atoms with Crippen LogP contribution < -0.4 is 20.7 Å². The number of anilines is 1. The summed E-state index contributed by atoms with van der Waals surface area (Å²) < 4.78 is 30.3. The van der Waals surface area contributed by atoms with E-state index in [9.17, 15) is 18.4 Å². The zero-order chi connectivity index (χ0) is 17.8. The van der Waals surface area contributed by atoms with Crippen LogP contribution in [0.25, 0.3) is 0 Å². The number of hydrogen-bond acceptors (Lipinski definition) is 5. The summed E-state index contributed by atoms with van der Waals surface area (Å²) in [7, 11) is 0. The van der Waals surface area contributed by atoms with Gasteiger partial charge in [-0.15, -0.1) is 0 Å². The Kier molecular flexibility index (Phi) is 5.47. The summed E-state index contributed by atoms with van der Waals surface area (Å²) >= 11 is 0. The number of carbonyl (C=O) groups excluding carboxylic acids is 2. The Morgan fingerprint density at radius 2 is 1.92 bits per heavy atom. The van der Waals surface area contributed by atoms with Crippen LogP contribution in [-0.4, -0.2) is 37.6 Å². The van der Waals surface area contributed by atoms with Crippen LogP contribution >= 0.6 is 0 Å². The molecule has 25 heavy (non-hydrogen) atoms. The van der Waals surface area contributed by atoms with Crippen molar-refractivity contribution in [2.45, 2.75) is 44.3 Å². The Morgan fingerprint density at radius 3 is 2.60 bits per heavy atom. The topological polar surface area (TPSA) is 79.5 Å². The predicted molar refractivity (Wildman–Crippen MR) is 87.7 cm³/mol. The first-order chi connectivity index (χ1) is 12.0. The van der Waals surface area contributed by atoms with Crippen molar-refractivity contribution >= 4 is 17.5 Å². The lowest BCUT2D eigenvalue weighted by Crippen LogP contribution is -2.47. The molecule has 8 heteroatoms. The molecule has 0 spiro atoms. The molecule has 0 saturated carbocycles. The van der Waals surface area contributed by atoms with Crippen molar-refractivity contribution in [3.05, 3.63) is 23.8 Å². The van der Waals surface area contributed by atoms with E-state index >= 15 is 0 Å². The van der Waals surface area contributed by atoms with E-state index < -0.39 is 18.6 Å². The molecule has 1 aromatic carbocycles. The molecule has 1 unspecified atom stereocenters. The minimum absolute atomic E-state index is 0.0238. The Balaban J connectivity index is 1.79. The number of imide groups is 1. The summed E-state index contributed by atoms with van der Waals surface area (Å²) in [6.45, 7) is -1.16. The van der Waals surface area contributed by atoms with Gasteiger partial charge in [0, 0.05) is 6.42 Å². The third kappa shape index (κ3) is 4.45. The second kappa shape index (κ2) is 7.77. The van der Waals surface area contributed by atoms with Crippen LogP contribution in [0.5, 0.6) is 5.75 Å². The average Bonchev–Trinajstić information content (AvgIpc) is 2.59. The van der Waals surface area contributed by atoms with Crippen LogP contribution in [0.15, 0.2) is 18.2 Å². The Bertz CT molecular complexity index is 648. The van der Waals surface area contributed by atoms with Gasteiger partial charge in [-0.2, -0.15) is 8.78 Å². The summed E-state index contributed by atoms with van der Waals surface area (Å²) in [6.07, 6.45) is 2.40. The number of benzene rings is 1. The standard InChI is InChI=1S/C17H21F2N3O3/c18-17(19)25-14-9-11(10-5-7-20-8-6-10)1-2-12(14)21-13-3-4-15(23)22-16(13)24/h1-2,9-10,13,17,20-21H,3-8H2,(H,22,23,24). The van der Waals surface area contributed by atoms with E-state index in [0.29, 0.717) is 18.0 Å². The second-order valence-electron chi connectivity index (χ2n) is 6.31. The number of piperidine rings is 2. The van der Waals surface area contributed by atoms with Gasteiger partial charge in [0.05, 0.1) is 5.69 Å². The smallest absolute Gasteiger partial charge is 0.387 e. The van der Waals surface area contributed by atoms with E-state index in [4.69, 9.17) is 0 Å². The fourth-order valence-corrected chi connectivity index (χ4v) is 3.28. The maximum atomic E-state index is 12.8. The molecule has 2 amide bonds. The number of rotatable bonds is 5. The summed E-state index contributed by atoms with van der Waals surface area (Å²) in [6, 6.07) is 4.51. The zero-order valence-electron chi connectivity index (χ0n) is 13.7. The highest BCUT2D eigenvalue weighted by Gasteiger charge is 2.27. The maximum Gasteiger partial charge on any atom is 0.387 e. The molecule has 2 fully saturated rings. The van der Waals surface area contributed by atoms with E-state index in [2.05, 4.69) is 20.7 Å². The average molecular weight is 353 g/mol. The molecule has 136 valence electrons. The first-order valence-corrected chi connectivity index (χ1v) is 8.42. The zero-order valence-corrected chi connectivity index (χ0v) is 13.7. The summed E-state index contributed by atoms with van der Waals surface area (Å²) in [4.78, 5) is 23.1. The van der Waals surface area contributed by atoms with Crippen molar-refractivity contribution in [3.63, 3.8) is 0 Å². The first-order valence-electron chi connectivity index (χ1n) is 8.42. The van der Waals surface area contributed by atoms with Crippen molar-refractivity contribution in [2.75, 3.05) is 18.4 Å². The maximum absolute atomic E-state index is 12.8. The minimum atomic E-state index is -2.95. The minimum Gasteiger partial charge on any atom is -0.433 e. The van der Waals surface area contributed by atoms with E-state index in [1.54, 1.807) is 12.1 Å². The third-order valence-corrected chi connectivity index (χ3v) is 4.60. The van der Waals surface area contributed by atoms with Gasteiger partial charge in [0.25, 0.3) is 0 Å². The predicted octanol–water partition coefficient (Wildman–Crippen LogP) is 1.97. The number of ether oxygens (including phenoxy) is 1. The Morgan fingerprint density at radius 1 is 1.16 bits per heavy atom. The lowest BCUT2D eigenvalue weighted by Gasteiger charge is -2.26. The van der Waals surface area contributed by atoms with Crippen molar-refractivity contribution in [3.8, 4) is 5.75 Å². The van der Waals surface area contributed by atoms with Crippen LogP contribution in [0.4, 0.5) is 14.5 Å². The lowest BCUT2D eigenvalue weighted by molar-refractivity contribution is -0.133. The Hall–Kier alpha value is -2.22. The van der Waals surface area contributed by atoms with Crippen molar-refractivity contribution in [1.29, 1.82) is 0 Å². The molecule has 0 radical (unpaired) electrons. The molecular formula is C17H21F2N3O3. The highest BCUT2D eigenvalue weighted by molar-refractivity contribution is 6.01. The van der Waals surface area contributed by atoms with Gasteiger partial charge >= 0.3 is 6.61 Å². The van der Waals surface area contributed by atoms with E-state index in [1.165, 1.54) is 0 Å². The normalized spacial score (nSPS) is 22.0. The molecule has 2 saturated heterocycles. The van der Waals surface area contributed by atoms with Gasteiger partial charge in [-0.25, -0.2) is 0 Å². The summed E-state index contributed by atoms with van der Waals surface area (Å²) in [5.74, 6) is -0.461. The molecule has 1 aromatic rings. The van der Waals surface area contributed by atoms with Crippen molar-refractivity contribution in [1.82, 2.24) is 10.6 Å². The molecule has 2 aliphatic heterocycles. The Labute approximate surface area is 144 Å². The highest BCUT2D eigenvalue weighted by atomic mass is 19.3.